The summed E-state index contributed by atoms with van der Waals surface area (Å²) in [5.41, 5.74) is 6.72. The highest BCUT2D eigenvalue weighted by atomic mass is 16.3. The van der Waals surface area contributed by atoms with Gasteiger partial charge in [0, 0.05) is 24.3 Å². The molecule has 1 N–H and O–H groups in total. The lowest BCUT2D eigenvalue weighted by Crippen LogP contribution is -2.24. The van der Waals surface area contributed by atoms with Crippen molar-refractivity contribution in [2.24, 2.45) is 0 Å². The van der Waals surface area contributed by atoms with Crippen LogP contribution in [0.1, 0.15) is 41.1 Å². The minimum atomic E-state index is 0.216. The Labute approximate surface area is 131 Å². The first-order valence-electron chi connectivity index (χ1n) is 8.27. The fourth-order valence-electron chi connectivity index (χ4n) is 3.94. The maximum Gasteiger partial charge on any atom is 0.0631 e. The number of hydrogen-bond donors (Lipinski definition) is 1. The monoisotopic (exact) mass is 294 g/mol. The summed E-state index contributed by atoms with van der Waals surface area (Å²) in [6, 6.07) is 10.6. The number of pyridine rings is 1. The number of aliphatic hydroxyl groups excluding tert-OH is 1. The number of anilines is 1. The third kappa shape index (κ3) is 2.30. The fourth-order valence-corrected chi connectivity index (χ4v) is 3.94. The summed E-state index contributed by atoms with van der Waals surface area (Å²) >= 11 is 0. The van der Waals surface area contributed by atoms with Gasteiger partial charge in [0.1, 0.15) is 0 Å². The minimum Gasteiger partial charge on any atom is -0.396 e. The molecule has 0 bridgehead atoms. The van der Waals surface area contributed by atoms with Crippen molar-refractivity contribution in [1.29, 1.82) is 0 Å². The van der Waals surface area contributed by atoms with Crippen molar-refractivity contribution in [3.63, 3.8) is 0 Å². The molecule has 1 aromatic heterocycles. The summed E-state index contributed by atoms with van der Waals surface area (Å²) in [6.07, 6.45) is 6.90. The van der Waals surface area contributed by atoms with E-state index in [1.165, 1.54) is 47.3 Å². The molecule has 3 nitrogen and oxygen atoms in total. The average molecular weight is 294 g/mol. The van der Waals surface area contributed by atoms with Crippen molar-refractivity contribution in [3.05, 3.63) is 58.9 Å². The van der Waals surface area contributed by atoms with Gasteiger partial charge < -0.3 is 10.0 Å². The van der Waals surface area contributed by atoms with Crippen LogP contribution in [-0.4, -0.2) is 23.2 Å². The summed E-state index contributed by atoms with van der Waals surface area (Å²) in [5, 5.41) is 9.65. The Kier molecular flexibility index (Phi) is 3.59. The maximum atomic E-state index is 9.65. The zero-order valence-corrected chi connectivity index (χ0v) is 12.8. The summed E-state index contributed by atoms with van der Waals surface area (Å²) in [7, 11) is 0. The van der Waals surface area contributed by atoms with Gasteiger partial charge in [0.05, 0.1) is 18.8 Å². The predicted octanol–water partition coefficient (Wildman–Crippen LogP) is 3.06. The Bertz CT molecular complexity index is 683. The van der Waals surface area contributed by atoms with E-state index in [0.29, 0.717) is 0 Å². The molecule has 0 fully saturated rings. The van der Waals surface area contributed by atoms with Gasteiger partial charge in [-0.1, -0.05) is 18.2 Å². The van der Waals surface area contributed by atoms with E-state index in [-0.39, 0.29) is 12.5 Å². The molecule has 114 valence electrons. The molecule has 1 aliphatic carbocycles. The molecule has 0 saturated heterocycles. The van der Waals surface area contributed by atoms with Crippen molar-refractivity contribution >= 4 is 5.69 Å². The van der Waals surface area contributed by atoms with Crippen LogP contribution in [0.25, 0.3) is 0 Å². The average Bonchev–Trinajstić information content (AvgIpc) is 2.93. The van der Waals surface area contributed by atoms with Crippen LogP contribution in [0.5, 0.6) is 0 Å². The van der Waals surface area contributed by atoms with Gasteiger partial charge in [0.25, 0.3) is 0 Å². The molecule has 1 unspecified atom stereocenters. The second-order valence-corrected chi connectivity index (χ2v) is 6.42. The molecule has 2 aliphatic rings. The molecule has 2 heterocycles. The lowest BCUT2D eigenvalue weighted by atomic mass is 9.91. The SMILES string of the molecule is OCC1CN(Cc2nccc3c2CCCC3)c2ccccc21. The molecule has 0 spiro atoms. The number of aromatic nitrogens is 1. The van der Waals surface area contributed by atoms with Crippen molar-refractivity contribution in [1.82, 2.24) is 4.98 Å². The van der Waals surface area contributed by atoms with Crippen LogP contribution < -0.4 is 4.90 Å². The molecule has 4 rings (SSSR count). The number of hydrogen-bond acceptors (Lipinski definition) is 3. The van der Waals surface area contributed by atoms with Crippen LogP contribution >= 0.6 is 0 Å². The van der Waals surface area contributed by atoms with Gasteiger partial charge in [-0.05, 0) is 54.5 Å². The van der Waals surface area contributed by atoms with Gasteiger partial charge >= 0.3 is 0 Å². The molecule has 1 atom stereocenters. The molecular weight excluding hydrogens is 272 g/mol. The maximum absolute atomic E-state index is 9.65. The number of benzene rings is 1. The van der Waals surface area contributed by atoms with Crippen LogP contribution in [0.3, 0.4) is 0 Å². The van der Waals surface area contributed by atoms with E-state index in [0.717, 1.165) is 19.5 Å². The number of para-hydroxylation sites is 1. The standard InChI is InChI=1S/C19H22N2O/c22-13-15-11-21(19-8-4-3-7-17(15)19)12-18-16-6-2-1-5-14(16)9-10-20-18/h3-4,7-10,15,22H,1-2,5-6,11-13H2. The Morgan fingerprint density at radius 2 is 2.00 bits per heavy atom. The van der Waals surface area contributed by atoms with Gasteiger partial charge in [-0.2, -0.15) is 0 Å². The second-order valence-electron chi connectivity index (χ2n) is 6.42. The van der Waals surface area contributed by atoms with Crippen LogP contribution in [0, 0.1) is 0 Å². The lowest BCUT2D eigenvalue weighted by Gasteiger charge is -2.24. The van der Waals surface area contributed by atoms with E-state index >= 15 is 0 Å². The number of rotatable bonds is 3. The lowest BCUT2D eigenvalue weighted by molar-refractivity contribution is 0.270. The topological polar surface area (TPSA) is 36.4 Å². The van der Waals surface area contributed by atoms with Gasteiger partial charge in [-0.3, -0.25) is 4.98 Å². The van der Waals surface area contributed by atoms with Crippen molar-refractivity contribution in [2.75, 3.05) is 18.1 Å². The molecule has 0 radical (unpaired) electrons. The number of aryl methyl sites for hydroxylation is 1. The minimum absolute atomic E-state index is 0.216. The quantitative estimate of drug-likeness (QED) is 0.945. The van der Waals surface area contributed by atoms with E-state index in [9.17, 15) is 5.11 Å². The van der Waals surface area contributed by atoms with E-state index < -0.39 is 0 Å². The zero-order valence-electron chi connectivity index (χ0n) is 12.8. The third-order valence-electron chi connectivity index (χ3n) is 5.08. The predicted molar refractivity (Wildman–Crippen MR) is 88.2 cm³/mol. The summed E-state index contributed by atoms with van der Waals surface area (Å²) in [4.78, 5) is 7.06. The summed E-state index contributed by atoms with van der Waals surface area (Å²) in [6.45, 7) is 1.96. The summed E-state index contributed by atoms with van der Waals surface area (Å²) < 4.78 is 0. The van der Waals surface area contributed by atoms with E-state index in [1.54, 1.807) is 0 Å². The highest BCUT2D eigenvalue weighted by Gasteiger charge is 2.28. The second kappa shape index (κ2) is 5.73. The largest absolute Gasteiger partial charge is 0.396 e. The number of fused-ring (bicyclic) bond motifs is 2. The first kappa shape index (κ1) is 13.8. The van der Waals surface area contributed by atoms with Gasteiger partial charge in [-0.15, -0.1) is 0 Å². The van der Waals surface area contributed by atoms with E-state index in [4.69, 9.17) is 0 Å². The zero-order chi connectivity index (χ0) is 14.9. The third-order valence-corrected chi connectivity index (χ3v) is 5.08. The van der Waals surface area contributed by atoms with Crippen molar-refractivity contribution < 1.29 is 5.11 Å². The molecular formula is C19H22N2O. The Balaban J connectivity index is 1.65. The smallest absolute Gasteiger partial charge is 0.0631 e. The fraction of sp³-hybridized carbons (Fsp3) is 0.421. The van der Waals surface area contributed by atoms with E-state index in [2.05, 4.69) is 40.2 Å². The molecule has 0 saturated carbocycles. The number of aliphatic hydroxyl groups is 1. The molecule has 1 aromatic carbocycles. The Hall–Kier alpha value is -1.87. The van der Waals surface area contributed by atoms with Gasteiger partial charge in [0.15, 0.2) is 0 Å². The Morgan fingerprint density at radius 3 is 2.91 bits per heavy atom. The van der Waals surface area contributed by atoms with Crippen molar-refractivity contribution in [2.45, 2.75) is 38.1 Å². The van der Waals surface area contributed by atoms with Crippen LogP contribution in [0.2, 0.25) is 0 Å². The van der Waals surface area contributed by atoms with Crippen LogP contribution in [0.4, 0.5) is 5.69 Å². The first-order chi connectivity index (χ1) is 10.9. The van der Waals surface area contributed by atoms with Crippen LogP contribution in [-0.2, 0) is 19.4 Å². The molecule has 2 aromatic rings. The molecule has 1 aliphatic heterocycles. The highest BCUT2D eigenvalue weighted by Crippen LogP contribution is 2.37. The Morgan fingerprint density at radius 1 is 1.14 bits per heavy atom. The van der Waals surface area contributed by atoms with E-state index in [1.807, 2.05) is 6.20 Å². The molecule has 3 heteroatoms. The van der Waals surface area contributed by atoms with Gasteiger partial charge in [0.2, 0.25) is 0 Å². The molecule has 0 amide bonds. The van der Waals surface area contributed by atoms with Crippen LogP contribution in [0.15, 0.2) is 36.5 Å². The van der Waals surface area contributed by atoms with Gasteiger partial charge in [-0.25, -0.2) is 0 Å². The van der Waals surface area contributed by atoms with Crippen molar-refractivity contribution in [3.8, 4) is 0 Å². The summed E-state index contributed by atoms with van der Waals surface area (Å²) in [5.74, 6) is 0.232. The normalized spacial score (nSPS) is 19.9. The number of nitrogens with zero attached hydrogens (tertiary/aromatic N) is 2. The highest BCUT2D eigenvalue weighted by molar-refractivity contribution is 5.60. The first-order valence-corrected chi connectivity index (χ1v) is 8.27. The molecule has 22 heavy (non-hydrogen) atoms.